The van der Waals surface area contributed by atoms with Gasteiger partial charge in [0.15, 0.2) is 0 Å². The van der Waals surface area contributed by atoms with Crippen molar-refractivity contribution >= 4 is 17.2 Å². The minimum absolute atomic E-state index is 0.0861. The van der Waals surface area contributed by atoms with E-state index in [-0.39, 0.29) is 18.7 Å². The summed E-state index contributed by atoms with van der Waals surface area (Å²) in [6.45, 7) is 0.516. The van der Waals surface area contributed by atoms with Crippen molar-refractivity contribution in [1.82, 2.24) is 9.88 Å². The van der Waals surface area contributed by atoms with Crippen LogP contribution in [0.4, 0.5) is 13.2 Å². The normalized spacial score (nSPS) is 20.2. The molecule has 1 aliphatic rings. The number of aromatic nitrogens is 1. The van der Waals surface area contributed by atoms with Gasteiger partial charge in [-0.15, -0.1) is 11.3 Å². The Bertz CT molecular complexity index is 475. The highest BCUT2D eigenvalue weighted by Crippen LogP contribution is 2.33. The number of rotatable bonds is 3. The highest BCUT2D eigenvalue weighted by atomic mass is 32.1. The van der Waals surface area contributed by atoms with E-state index in [1.807, 2.05) is 0 Å². The topological polar surface area (TPSA) is 59.2 Å². The predicted octanol–water partition coefficient (Wildman–Crippen LogP) is 2.06. The van der Waals surface area contributed by atoms with Crippen LogP contribution in [0.25, 0.3) is 0 Å². The fraction of sp³-hybridized carbons (Fsp3) is 0.667. The van der Waals surface area contributed by atoms with Crippen LogP contribution in [0.2, 0.25) is 0 Å². The maximum absolute atomic E-state index is 12.7. The lowest BCUT2D eigenvalue weighted by Gasteiger charge is -2.33. The number of piperidine rings is 1. The first-order chi connectivity index (χ1) is 9.41. The van der Waals surface area contributed by atoms with E-state index in [0.717, 1.165) is 5.01 Å². The molecule has 1 atom stereocenters. The fourth-order valence-electron chi connectivity index (χ4n) is 2.24. The van der Waals surface area contributed by atoms with Crippen molar-refractivity contribution in [1.29, 1.82) is 0 Å². The van der Waals surface area contributed by atoms with Crippen LogP contribution in [-0.4, -0.2) is 41.6 Å². The average molecular weight is 307 g/mol. The molecule has 1 unspecified atom stereocenters. The molecule has 0 saturated carbocycles. The number of hydrogen-bond donors (Lipinski definition) is 1. The molecule has 20 heavy (non-hydrogen) atoms. The van der Waals surface area contributed by atoms with E-state index in [1.165, 1.54) is 16.2 Å². The largest absolute Gasteiger partial charge is 0.393 e. The van der Waals surface area contributed by atoms with E-state index < -0.39 is 18.0 Å². The first-order valence-electron chi connectivity index (χ1n) is 6.42. The zero-order valence-corrected chi connectivity index (χ0v) is 11.6. The molecule has 2 N–H and O–H groups in total. The third-order valence-electron chi connectivity index (χ3n) is 3.30. The zero-order chi connectivity index (χ0) is 14.8. The molecule has 4 nitrogen and oxygen atoms in total. The van der Waals surface area contributed by atoms with E-state index in [0.29, 0.717) is 25.9 Å². The van der Waals surface area contributed by atoms with Gasteiger partial charge in [-0.2, -0.15) is 13.2 Å². The van der Waals surface area contributed by atoms with E-state index in [1.54, 1.807) is 5.38 Å². The fourth-order valence-corrected chi connectivity index (χ4v) is 3.03. The number of halogens is 3. The molecule has 1 aromatic heterocycles. The molecule has 2 heterocycles. The SMILES string of the molecule is NCCc1nc(C(=O)N2CCCC(C(F)(F)F)C2)cs1. The Hall–Kier alpha value is -1.15. The molecule has 1 amide bonds. The number of likely N-dealkylation sites (tertiary alicyclic amines) is 1. The number of carbonyl (C=O) groups excluding carboxylic acids is 1. The Labute approximate surface area is 118 Å². The summed E-state index contributed by atoms with van der Waals surface area (Å²) in [6, 6.07) is 0. The maximum atomic E-state index is 12.7. The monoisotopic (exact) mass is 307 g/mol. The molecule has 0 radical (unpaired) electrons. The van der Waals surface area contributed by atoms with Crippen molar-refractivity contribution in [2.45, 2.75) is 25.4 Å². The lowest BCUT2D eigenvalue weighted by atomic mass is 9.97. The van der Waals surface area contributed by atoms with E-state index in [9.17, 15) is 18.0 Å². The van der Waals surface area contributed by atoms with Gasteiger partial charge in [0.05, 0.1) is 10.9 Å². The molecule has 1 fully saturated rings. The number of nitrogens with zero attached hydrogens (tertiary/aromatic N) is 2. The van der Waals surface area contributed by atoms with Gasteiger partial charge in [-0.1, -0.05) is 0 Å². The molecule has 0 aromatic carbocycles. The molecule has 1 saturated heterocycles. The summed E-state index contributed by atoms with van der Waals surface area (Å²) in [4.78, 5) is 17.5. The zero-order valence-electron chi connectivity index (χ0n) is 10.8. The Kier molecular flexibility index (Phi) is 4.64. The summed E-state index contributed by atoms with van der Waals surface area (Å²) >= 11 is 1.31. The summed E-state index contributed by atoms with van der Waals surface area (Å²) in [5, 5.41) is 2.32. The Morgan fingerprint density at radius 2 is 2.30 bits per heavy atom. The molecule has 1 aliphatic heterocycles. The summed E-state index contributed by atoms with van der Waals surface area (Å²) in [6.07, 6.45) is -3.21. The summed E-state index contributed by atoms with van der Waals surface area (Å²) in [7, 11) is 0. The van der Waals surface area contributed by atoms with E-state index in [4.69, 9.17) is 5.73 Å². The molecule has 1 aromatic rings. The molecule has 0 aliphatic carbocycles. The number of nitrogens with two attached hydrogens (primary N) is 1. The van der Waals surface area contributed by atoms with Crippen molar-refractivity contribution in [2.24, 2.45) is 11.7 Å². The first kappa shape index (κ1) is 15.2. The lowest BCUT2D eigenvalue weighted by molar-refractivity contribution is -0.184. The number of alkyl halides is 3. The third kappa shape index (κ3) is 3.49. The smallest absolute Gasteiger partial charge is 0.337 e. The van der Waals surface area contributed by atoms with Crippen molar-refractivity contribution in [3.8, 4) is 0 Å². The summed E-state index contributed by atoms with van der Waals surface area (Å²) in [5.74, 6) is -1.85. The van der Waals surface area contributed by atoms with Gasteiger partial charge in [0, 0.05) is 24.9 Å². The van der Waals surface area contributed by atoms with Gasteiger partial charge in [0.2, 0.25) is 0 Å². The third-order valence-corrected chi connectivity index (χ3v) is 4.21. The second kappa shape index (κ2) is 6.09. The molecule has 112 valence electrons. The van der Waals surface area contributed by atoms with Crippen LogP contribution in [0.3, 0.4) is 0 Å². The lowest BCUT2D eigenvalue weighted by Crippen LogP contribution is -2.44. The van der Waals surface area contributed by atoms with Crippen LogP contribution in [-0.2, 0) is 6.42 Å². The van der Waals surface area contributed by atoms with Crippen LogP contribution < -0.4 is 5.73 Å². The van der Waals surface area contributed by atoms with Gasteiger partial charge < -0.3 is 10.6 Å². The van der Waals surface area contributed by atoms with Gasteiger partial charge in [-0.05, 0) is 19.4 Å². The van der Waals surface area contributed by atoms with Crippen LogP contribution in [0.15, 0.2) is 5.38 Å². The first-order valence-corrected chi connectivity index (χ1v) is 7.30. The highest BCUT2D eigenvalue weighted by Gasteiger charge is 2.42. The summed E-state index contributed by atoms with van der Waals surface area (Å²) < 4.78 is 38.2. The molecule has 2 rings (SSSR count). The standard InChI is InChI=1S/C12H16F3N3OS/c13-12(14,15)8-2-1-5-18(6-8)11(19)9-7-20-10(17-9)3-4-16/h7-8H,1-6,16H2. The van der Waals surface area contributed by atoms with Crippen LogP contribution >= 0.6 is 11.3 Å². The number of thiazole rings is 1. The van der Waals surface area contributed by atoms with Gasteiger partial charge in [0.25, 0.3) is 5.91 Å². The number of amides is 1. The second-order valence-corrected chi connectivity index (χ2v) is 5.74. The number of carbonyl (C=O) groups is 1. The van der Waals surface area contributed by atoms with Gasteiger partial charge in [-0.25, -0.2) is 4.98 Å². The Morgan fingerprint density at radius 1 is 1.55 bits per heavy atom. The van der Waals surface area contributed by atoms with Crippen molar-refractivity contribution in [3.63, 3.8) is 0 Å². The molecular weight excluding hydrogens is 291 g/mol. The minimum Gasteiger partial charge on any atom is -0.337 e. The van der Waals surface area contributed by atoms with Gasteiger partial charge in [-0.3, -0.25) is 4.79 Å². The quantitative estimate of drug-likeness (QED) is 0.930. The van der Waals surface area contributed by atoms with Gasteiger partial charge in [0.1, 0.15) is 5.69 Å². The molecule has 0 spiro atoms. The number of hydrogen-bond acceptors (Lipinski definition) is 4. The van der Waals surface area contributed by atoms with Crippen molar-refractivity contribution in [2.75, 3.05) is 19.6 Å². The van der Waals surface area contributed by atoms with Crippen LogP contribution in [0.1, 0.15) is 28.3 Å². The van der Waals surface area contributed by atoms with Crippen molar-refractivity contribution in [3.05, 3.63) is 16.1 Å². The van der Waals surface area contributed by atoms with Crippen LogP contribution in [0, 0.1) is 5.92 Å². The van der Waals surface area contributed by atoms with Crippen molar-refractivity contribution < 1.29 is 18.0 Å². The molecular formula is C12H16F3N3OS. The van der Waals surface area contributed by atoms with E-state index in [2.05, 4.69) is 4.98 Å². The average Bonchev–Trinajstić information content (AvgIpc) is 2.86. The maximum Gasteiger partial charge on any atom is 0.393 e. The molecule has 8 heteroatoms. The molecule has 0 bridgehead atoms. The Morgan fingerprint density at radius 3 is 2.95 bits per heavy atom. The van der Waals surface area contributed by atoms with Gasteiger partial charge >= 0.3 is 6.18 Å². The van der Waals surface area contributed by atoms with Crippen LogP contribution in [0.5, 0.6) is 0 Å². The minimum atomic E-state index is -4.24. The second-order valence-electron chi connectivity index (χ2n) is 4.80. The predicted molar refractivity (Wildman–Crippen MR) is 69.6 cm³/mol. The van der Waals surface area contributed by atoms with E-state index >= 15 is 0 Å². The Balaban J connectivity index is 2.04. The summed E-state index contributed by atoms with van der Waals surface area (Å²) in [5.41, 5.74) is 5.62. The highest BCUT2D eigenvalue weighted by molar-refractivity contribution is 7.09.